The number of methoxy groups -OCH3 is 1. The molecule has 1 aliphatic carbocycles. The van der Waals surface area contributed by atoms with Crippen LogP contribution in [-0.4, -0.2) is 84.4 Å². The van der Waals surface area contributed by atoms with Gasteiger partial charge in [0.1, 0.15) is 17.3 Å². The van der Waals surface area contributed by atoms with Crippen LogP contribution in [0.15, 0.2) is 18.3 Å². The fraction of sp³-hybridized carbons (Fsp3) is 0.519. The molecule has 1 aromatic heterocycles. The fourth-order valence-corrected chi connectivity index (χ4v) is 5.65. The van der Waals surface area contributed by atoms with Gasteiger partial charge in [0.2, 0.25) is 11.9 Å². The maximum absolute atomic E-state index is 15.2. The SMILES string of the molecule is COc1cc(C(=O)N[C@H]2CCN(C(C)=O)C2)c(F)cc1Nc1ncc2c(n1)N(C1CCCC1)CC(F)(F)C(=O)N2C. The van der Waals surface area contributed by atoms with Gasteiger partial charge in [-0.1, -0.05) is 12.8 Å². The number of benzene rings is 1. The van der Waals surface area contributed by atoms with Gasteiger partial charge < -0.3 is 30.1 Å². The first-order chi connectivity index (χ1) is 19.5. The van der Waals surface area contributed by atoms with Crippen LogP contribution in [0.25, 0.3) is 0 Å². The van der Waals surface area contributed by atoms with E-state index >= 15 is 4.39 Å². The van der Waals surface area contributed by atoms with Crippen molar-refractivity contribution in [2.45, 2.75) is 57.0 Å². The van der Waals surface area contributed by atoms with Gasteiger partial charge in [-0.3, -0.25) is 14.4 Å². The molecule has 3 aliphatic rings. The van der Waals surface area contributed by atoms with Crippen molar-refractivity contribution in [1.82, 2.24) is 20.2 Å². The van der Waals surface area contributed by atoms with Gasteiger partial charge in [0.25, 0.3) is 11.8 Å². The van der Waals surface area contributed by atoms with Crippen LogP contribution >= 0.6 is 0 Å². The molecule has 1 saturated carbocycles. The lowest BCUT2D eigenvalue weighted by Gasteiger charge is -2.31. The number of rotatable bonds is 6. The summed E-state index contributed by atoms with van der Waals surface area (Å²) in [7, 11) is 2.61. The Balaban J connectivity index is 1.41. The van der Waals surface area contributed by atoms with E-state index in [9.17, 15) is 23.2 Å². The van der Waals surface area contributed by atoms with E-state index in [-0.39, 0.29) is 52.4 Å². The summed E-state index contributed by atoms with van der Waals surface area (Å²) in [6, 6.07) is 1.79. The highest BCUT2D eigenvalue weighted by atomic mass is 19.3. The number of anilines is 4. The van der Waals surface area contributed by atoms with Gasteiger partial charge >= 0.3 is 5.92 Å². The molecule has 41 heavy (non-hydrogen) atoms. The zero-order valence-corrected chi connectivity index (χ0v) is 23.0. The summed E-state index contributed by atoms with van der Waals surface area (Å²) in [5.41, 5.74) is 0.0114. The molecule has 1 saturated heterocycles. The normalized spacial score (nSPS) is 20.6. The molecular weight excluding hydrogens is 543 g/mol. The molecule has 0 spiro atoms. The van der Waals surface area contributed by atoms with Crippen molar-refractivity contribution >= 4 is 40.9 Å². The molecule has 2 aromatic rings. The molecule has 2 aliphatic heterocycles. The number of nitrogens with zero attached hydrogens (tertiary/aromatic N) is 5. The topological polar surface area (TPSA) is 120 Å². The molecule has 220 valence electrons. The Labute approximate surface area is 235 Å². The minimum Gasteiger partial charge on any atom is -0.495 e. The minimum atomic E-state index is -3.61. The summed E-state index contributed by atoms with van der Waals surface area (Å²) in [6.45, 7) is 1.50. The molecule has 2 N–H and O–H groups in total. The third-order valence-electron chi connectivity index (χ3n) is 7.88. The first-order valence-corrected chi connectivity index (χ1v) is 13.5. The van der Waals surface area contributed by atoms with Crippen molar-refractivity contribution in [3.8, 4) is 5.75 Å². The standard InChI is InChI=1S/C27H32F3N7O4/c1-15(38)36-9-8-16(13-36)32-24(39)18-10-22(41-3)20(11-19(18)28)33-26-31-12-21-23(34-26)37(17-6-4-5-7-17)14-27(29,30)25(40)35(21)2/h10-12,16-17H,4-9,13-14H2,1-3H3,(H,32,39)(H,31,33,34)/t16-/m0/s1. The van der Waals surface area contributed by atoms with E-state index in [1.165, 1.54) is 38.2 Å². The van der Waals surface area contributed by atoms with Gasteiger partial charge in [-0.2, -0.15) is 13.8 Å². The average molecular weight is 576 g/mol. The van der Waals surface area contributed by atoms with Crippen molar-refractivity contribution < 1.29 is 32.3 Å². The van der Waals surface area contributed by atoms with Crippen LogP contribution in [0.3, 0.4) is 0 Å². The van der Waals surface area contributed by atoms with Crippen LogP contribution in [-0.2, 0) is 9.59 Å². The highest BCUT2D eigenvalue weighted by Crippen LogP contribution is 2.40. The third kappa shape index (κ3) is 5.59. The molecule has 5 rings (SSSR count). The van der Waals surface area contributed by atoms with Crippen LogP contribution in [0, 0.1) is 5.82 Å². The number of amides is 3. The molecule has 0 bridgehead atoms. The highest BCUT2D eigenvalue weighted by molar-refractivity contribution is 6.02. The molecule has 3 heterocycles. The summed E-state index contributed by atoms with van der Waals surface area (Å²) in [5.74, 6) is -6.26. The Morgan fingerprint density at radius 3 is 2.56 bits per heavy atom. The Kier molecular flexibility index (Phi) is 7.66. The lowest BCUT2D eigenvalue weighted by atomic mass is 10.1. The summed E-state index contributed by atoms with van der Waals surface area (Å²) < 4.78 is 50.3. The first-order valence-electron chi connectivity index (χ1n) is 13.5. The summed E-state index contributed by atoms with van der Waals surface area (Å²) >= 11 is 0. The lowest BCUT2D eigenvalue weighted by molar-refractivity contribution is -0.140. The van der Waals surface area contributed by atoms with E-state index in [2.05, 4.69) is 20.6 Å². The molecule has 11 nitrogen and oxygen atoms in total. The monoisotopic (exact) mass is 575 g/mol. The number of carbonyl (C=O) groups is 3. The molecule has 1 aromatic carbocycles. The van der Waals surface area contributed by atoms with Crippen LogP contribution in [0.2, 0.25) is 0 Å². The molecule has 14 heteroatoms. The number of alkyl halides is 2. The number of likely N-dealkylation sites (tertiary alicyclic amines) is 1. The van der Waals surface area contributed by atoms with Crippen LogP contribution in [0.5, 0.6) is 5.75 Å². The van der Waals surface area contributed by atoms with Crippen LogP contribution in [0.1, 0.15) is 49.4 Å². The number of nitrogens with one attached hydrogen (secondary N) is 2. The van der Waals surface area contributed by atoms with E-state index in [1.807, 2.05) is 0 Å². The molecule has 0 unspecified atom stereocenters. The van der Waals surface area contributed by atoms with E-state index in [1.54, 1.807) is 4.90 Å². The van der Waals surface area contributed by atoms with Gasteiger partial charge in [-0.15, -0.1) is 0 Å². The second-order valence-corrected chi connectivity index (χ2v) is 10.6. The van der Waals surface area contributed by atoms with Gasteiger partial charge in [0, 0.05) is 45.2 Å². The Bertz CT molecular complexity index is 1370. The zero-order chi connectivity index (χ0) is 29.5. The van der Waals surface area contributed by atoms with Crippen molar-refractivity contribution in [1.29, 1.82) is 0 Å². The van der Waals surface area contributed by atoms with Crippen molar-refractivity contribution in [2.24, 2.45) is 0 Å². The molecule has 2 fully saturated rings. The third-order valence-corrected chi connectivity index (χ3v) is 7.88. The first kappa shape index (κ1) is 28.4. The number of carbonyl (C=O) groups excluding carboxylic acids is 3. The summed E-state index contributed by atoms with van der Waals surface area (Å²) in [5, 5.41) is 5.62. The van der Waals surface area contributed by atoms with Crippen LogP contribution < -0.4 is 25.2 Å². The van der Waals surface area contributed by atoms with E-state index < -0.39 is 30.1 Å². The van der Waals surface area contributed by atoms with Crippen molar-refractivity contribution in [3.05, 3.63) is 29.7 Å². The maximum atomic E-state index is 15.2. The molecule has 3 amide bonds. The number of ether oxygens (including phenoxy) is 1. The van der Waals surface area contributed by atoms with Crippen molar-refractivity contribution in [3.63, 3.8) is 0 Å². The number of hydrogen-bond donors (Lipinski definition) is 2. The predicted octanol–water partition coefficient (Wildman–Crippen LogP) is 3.08. The van der Waals surface area contributed by atoms with Crippen LogP contribution in [0.4, 0.5) is 36.3 Å². The smallest absolute Gasteiger partial charge is 0.342 e. The Hall–Kier alpha value is -4.10. The van der Waals surface area contributed by atoms with Gasteiger partial charge in [-0.05, 0) is 25.3 Å². The van der Waals surface area contributed by atoms with E-state index in [0.717, 1.165) is 23.8 Å². The van der Waals surface area contributed by atoms with Gasteiger partial charge in [0.05, 0.1) is 31.1 Å². The summed E-state index contributed by atoms with van der Waals surface area (Å²) in [6.07, 6.45) is 4.99. The van der Waals surface area contributed by atoms with E-state index in [4.69, 9.17) is 4.74 Å². The molecular formula is C27H32F3N7O4. The quantitative estimate of drug-likeness (QED) is 0.540. The largest absolute Gasteiger partial charge is 0.495 e. The van der Waals surface area contributed by atoms with E-state index in [0.29, 0.717) is 32.4 Å². The predicted molar refractivity (Wildman–Crippen MR) is 144 cm³/mol. The lowest BCUT2D eigenvalue weighted by Crippen LogP contribution is -2.48. The highest BCUT2D eigenvalue weighted by Gasteiger charge is 2.48. The number of hydrogen-bond acceptors (Lipinski definition) is 8. The fourth-order valence-electron chi connectivity index (χ4n) is 5.65. The zero-order valence-electron chi connectivity index (χ0n) is 23.0. The molecule has 0 radical (unpaired) electrons. The van der Waals surface area contributed by atoms with Gasteiger partial charge in [-0.25, -0.2) is 9.37 Å². The second kappa shape index (κ2) is 11.1. The number of fused-ring (bicyclic) bond motifs is 1. The Morgan fingerprint density at radius 2 is 1.90 bits per heavy atom. The summed E-state index contributed by atoms with van der Waals surface area (Å²) in [4.78, 5) is 49.5. The van der Waals surface area contributed by atoms with Gasteiger partial charge in [0.15, 0.2) is 5.82 Å². The maximum Gasteiger partial charge on any atom is 0.342 e. The number of aromatic nitrogens is 2. The molecule has 1 atom stereocenters. The average Bonchev–Trinajstić information content (AvgIpc) is 3.62. The number of halogens is 3. The van der Waals surface area contributed by atoms with Crippen molar-refractivity contribution in [2.75, 3.05) is 48.9 Å². The Morgan fingerprint density at radius 1 is 1.17 bits per heavy atom. The minimum absolute atomic E-state index is 0.0250. The second-order valence-electron chi connectivity index (χ2n) is 10.6.